The highest BCUT2D eigenvalue weighted by molar-refractivity contribution is 9.10. The topological polar surface area (TPSA) is 17.8 Å². The molecule has 0 aliphatic heterocycles. The van der Waals surface area contributed by atoms with Gasteiger partial charge in [-0.25, -0.2) is 9.37 Å². The molecule has 0 radical (unpaired) electrons. The minimum Gasteiger partial charge on any atom is -0.295 e. The van der Waals surface area contributed by atoms with E-state index in [0.717, 1.165) is 11.0 Å². The highest BCUT2D eigenvalue weighted by Crippen LogP contribution is 2.27. The quantitative estimate of drug-likeness (QED) is 0.556. The molecule has 0 atom stereocenters. The number of hydrogen-bond acceptors (Lipinski definition) is 1. The Kier molecular flexibility index (Phi) is 3.71. The summed E-state index contributed by atoms with van der Waals surface area (Å²) in [6.45, 7) is 0. The molecule has 0 fully saturated rings. The fraction of sp³-hybridized carbons (Fsp3) is 0.0714. The Morgan fingerprint density at radius 3 is 2.70 bits per heavy atom. The summed E-state index contributed by atoms with van der Waals surface area (Å²) in [5.74, 6) is 0.536. The van der Waals surface area contributed by atoms with Gasteiger partial charge >= 0.3 is 0 Å². The Hall–Kier alpha value is -1.10. The molecule has 0 aliphatic rings. The summed E-state index contributed by atoms with van der Waals surface area (Å²) in [4.78, 5) is 4.43. The average molecular weight is 374 g/mol. The molecule has 1 heterocycles. The van der Waals surface area contributed by atoms with Crippen LogP contribution >= 0.6 is 39.1 Å². The largest absolute Gasteiger partial charge is 0.295 e. The summed E-state index contributed by atoms with van der Waals surface area (Å²) < 4.78 is 16.0. The molecule has 2 nitrogen and oxygen atoms in total. The van der Waals surface area contributed by atoms with Gasteiger partial charge in [0.15, 0.2) is 0 Å². The molecule has 0 saturated heterocycles. The number of alkyl halides is 1. The van der Waals surface area contributed by atoms with E-state index in [9.17, 15) is 4.39 Å². The molecule has 3 rings (SSSR count). The van der Waals surface area contributed by atoms with Gasteiger partial charge in [0.25, 0.3) is 0 Å². The van der Waals surface area contributed by atoms with E-state index >= 15 is 0 Å². The second-order valence-electron chi connectivity index (χ2n) is 4.23. The molecule has 102 valence electrons. The second-order valence-corrected chi connectivity index (χ2v) is 5.79. The second kappa shape index (κ2) is 5.35. The van der Waals surface area contributed by atoms with Crippen LogP contribution in [0.1, 0.15) is 5.82 Å². The van der Waals surface area contributed by atoms with Crippen molar-refractivity contribution in [1.29, 1.82) is 0 Å². The molecule has 0 unspecified atom stereocenters. The van der Waals surface area contributed by atoms with Crippen molar-refractivity contribution in [3.63, 3.8) is 0 Å². The first-order chi connectivity index (χ1) is 9.60. The van der Waals surface area contributed by atoms with Gasteiger partial charge in [-0.1, -0.05) is 11.6 Å². The van der Waals surface area contributed by atoms with Crippen molar-refractivity contribution in [3.05, 3.63) is 57.5 Å². The van der Waals surface area contributed by atoms with Crippen LogP contribution in [-0.4, -0.2) is 9.55 Å². The van der Waals surface area contributed by atoms with Crippen molar-refractivity contribution in [1.82, 2.24) is 9.55 Å². The third-order valence-electron chi connectivity index (χ3n) is 2.97. The zero-order chi connectivity index (χ0) is 14.3. The Bertz CT molecular complexity index is 801. The van der Waals surface area contributed by atoms with Gasteiger partial charge in [-0.05, 0) is 52.3 Å². The zero-order valence-electron chi connectivity index (χ0n) is 10.1. The fourth-order valence-corrected chi connectivity index (χ4v) is 2.70. The van der Waals surface area contributed by atoms with Crippen LogP contribution in [0, 0.1) is 5.82 Å². The average Bonchev–Trinajstić information content (AvgIpc) is 2.79. The third kappa shape index (κ3) is 2.32. The first-order valence-corrected chi connectivity index (χ1v) is 7.49. The van der Waals surface area contributed by atoms with E-state index < -0.39 is 0 Å². The monoisotopic (exact) mass is 372 g/mol. The molecule has 0 spiro atoms. The third-order valence-corrected chi connectivity index (χ3v) is 4.08. The van der Waals surface area contributed by atoms with E-state index in [1.165, 1.54) is 6.07 Å². The lowest BCUT2D eigenvalue weighted by atomic mass is 10.2. The van der Waals surface area contributed by atoms with Gasteiger partial charge in [0, 0.05) is 5.02 Å². The van der Waals surface area contributed by atoms with Crippen LogP contribution in [-0.2, 0) is 5.88 Å². The molecular formula is C14H8BrCl2FN2. The number of nitrogens with zero attached hydrogens (tertiary/aromatic N) is 2. The zero-order valence-corrected chi connectivity index (χ0v) is 13.2. The maximum atomic E-state index is 13.7. The Morgan fingerprint density at radius 1 is 1.20 bits per heavy atom. The Labute approximate surface area is 133 Å². The van der Waals surface area contributed by atoms with Crippen LogP contribution in [0.2, 0.25) is 5.02 Å². The van der Waals surface area contributed by atoms with Crippen molar-refractivity contribution in [2.24, 2.45) is 0 Å². The highest BCUT2D eigenvalue weighted by Gasteiger charge is 2.13. The van der Waals surface area contributed by atoms with Crippen LogP contribution in [0.4, 0.5) is 4.39 Å². The van der Waals surface area contributed by atoms with Crippen LogP contribution < -0.4 is 0 Å². The smallest absolute Gasteiger partial charge is 0.139 e. The van der Waals surface area contributed by atoms with Crippen molar-refractivity contribution < 1.29 is 4.39 Å². The molecule has 3 aromatic rings. The van der Waals surface area contributed by atoms with Gasteiger partial charge < -0.3 is 0 Å². The number of hydrogen-bond donors (Lipinski definition) is 0. The molecular weight excluding hydrogens is 366 g/mol. The van der Waals surface area contributed by atoms with E-state index in [-0.39, 0.29) is 11.7 Å². The predicted octanol–water partition coefficient (Wildman–Crippen LogP) is 5.32. The number of benzene rings is 2. The SMILES string of the molecule is Fc1cc(-n2c(CCl)nc3cc(Cl)ccc32)ccc1Br. The number of halogens is 4. The van der Waals surface area contributed by atoms with Gasteiger partial charge in [0.05, 0.1) is 27.1 Å². The van der Waals surface area contributed by atoms with Crippen LogP contribution in [0.3, 0.4) is 0 Å². The van der Waals surface area contributed by atoms with Crippen molar-refractivity contribution >= 4 is 50.2 Å². The number of aromatic nitrogens is 2. The van der Waals surface area contributed by atoms with Crippen molar-refractivity contribution in [2.75, 3.05) is 0 Å². The molecule has 0 aliphatic carbocycles. The lowest BCUT2D eigenvalue weighted by Crippen LogP contribution is -1.99. The summed E-state index contributed by atoms with van der Waals surface area (Å²) >= 11 is 15.1. The Balaban J connectivity index is 2.30. The number of fused-ring (bicyclic) bond motifs is 1. The highest BCUT2D eigenvalue weighted by atomic mass is 79.9. The normalized spacial score (nSPS) is 11.2. The summed E-state index contributed by atoms with van der Waals surface area (Å²) in [6, 6.07) is 10.3. The first-order valence-electron chi connectivity index (χ1n) is 5.78. The standard InChI is InChI=1S/C14H8BrCl2FN2/c15-10-3-2-9(6-11(10)18)20-13-4-1-8(17)5-12(13)19-14(20)7-16/h1-6H,7H2. The molecule has 0 N–H and O–H groups in total. The molecule has 0 saturated carbocycles. The van der Waals surface area contributed by atoms with Crippen LogP contribution in [0.25, 0.3) is 16.7 Å². The summed E-state index contributed by atoms with van der Waals surface area (Å²) in [5, 5.41) is 0.602. The van der Waals surface area contributed by atoms with Gasteiger partial charge in [0.1, 0.15) is 11.6 Å². The van der Waals surface area contributed by atoms with Gasteiger partial charge in [-0.15, -0.1) is 11.6 Å². The van der Waals surface area contributed by atoms with E-state index in [4.69, 9.17) is 23.2 Å². The van der Waals surface area contributed by atoms with Crippen molar-refractivity contribution in [2.45, 2.75) is 5.88 Å². The molecule has 0 amide bonds. The minimum atomic E-state index is -0.334. The van der Waals surface area contributed by atoms with Gasteiger partial charge in [0.2, 0.25) is 0 Å². The van der Waals surface area contributed by atoms with Crippen molar-refractivity contribution in [3.8, 4) is 5.69 Å². The maximum Gasteiger partial charge on any atom is 0.139 e. The van der Waals surface area contributed by atoms with E-state index in [1.54, 1.807) is 24.3 Å². The van der Waals surface area contributed by atoms with Crippen LogP contribution in [0.5, 0.6) is 0 Å². The molecule has 20 heavy (non-hydrogen) atoms. The Morgan fingerprint density at radius 2 is 2.00 bits per heavy atom. The minimum absolute atomic E-state index is 0.226. The number of rotatable bonds is 2. The molecule has 6 heteroatoms. The molecule has 2 aromatic carbocycles. The van der Waals surface area contributed by atoms with E-state index in [2.05, 4.69) is 20.9 Å². The van der Waals surface area contributed by atoms with E-state index in [0.29, 0.717) is 21.0 Å². The van der Waals surface area contributed by atoms with Gasteiger partial charge in [-0.2, -0.15) is 0 Å². The predicted molar refractivity (Wildman–Crippen MR) is 83.3 cm³/mol. The maximum absolute atomic E-state index is 13.7. The summed E-state index contributed by atoms with van der Waals surface area (Å²) in [5.41, 5.74) is 2.24. The van der Waals surface area contributed by atoms with Gasteiger partial charge in [-0.3, -0.25) is 4.57 Å². The summed E-state index contributed by atoms with van der Waals surface area (Å²) in [6.07, 6.45) is 0. The molecule has 1 aromatic heterocycles. The van der Waals surface area contributed by atoms with Crippen LogP contribution in [0.15, 0.2) is 40.9 Å². The first kappa shape index (κ1) is 13.9. The number of imidazole rings is 1. The lowest BCUT2D eigenvalue weighted by molar-refractivity contribution is 0.620. The molecule has 0 bridgehead atoms. The summed E-state index contributed by atoms with van der Waals surface area (Å²) in [7, 11) is 0. The fourth-order valence-electron chi connectivity index (χ4n) is 2.11. The lowest BCUT2D eigenvalue weighted by Gasteiger charge is -2.08. The van der Waals surface area contributed by atoms with E-state index in [1.807, 2.05) is 10.6 Å².